The molecule has 6 heteroatoms. The summed E-state index contributed by atoms with van der Waals surface area (Å²) in [5.41, 5.74) is 2.19. The second-order valence-corrected chi connectivity index (χ2v) is 6.74. The van der Waals surface area contributed by atoms with Gasteiger partial charge in [0.05, 0.1) is 7.11 Å². The van der Waals surface area contributed by atoms with Gasteiger partial charge in [-0.3, -0.25) is 0 Å². The smallest absolute Gasteiger partial charge is 0.358 e. The average molecular weight is 404 g/mol. The first-order valence-corrected chi connectivity index (χ1v) is 8.84. The highest BCUT2D eigenvalue weighted by Gasteiger charge is 2.13. The fourth-order valence-electron chi connectivity index (χ4n) is 2.04. The Morgan fingerprint density at radius 3 is 2.50 bits per heavy atom. The Balaban J connectivity index is 1.65. The van der Waals surface area contributed by atoms with Crippen LogP contribution in [-0.4, -0.2) is 18.1 Å². The Labute approximate surface area is 152 Å². The molecule has 0 fully saturated rings. The van der Waals surface area contributed by atoms with E-state index >= 15 is 0 Å². The molecule has 3 aromatic rings. The molecular formula is C18H14BrNO3S. The first-order chi connectivity index (χ1) is 11.7. The minimum atomic E-state index is -0.422. The normalized spacial score (nSPS) is 10.4. The third-order valence-corrected chi connectivity index (χ3v) is 4.75. The van der Waals surface area contributed by atoms with Gasteiger partial charge in [0.25, 0.3) is 0 Å². The zero-order chi connectivity index (χ0) is 16.9. The summed E-state index contributed by atoms with van der Waals surface area (Å²) in [6.45, 7) is 0.224. The van der Waals surface area contributed by atoms with Crippen molar-refractivity contribution in [3.05, 3.63) is 69.6 Å². The van der Waals surface area contributed by atoms with Crippen LogP contribution in [-0.2, 0) is 11.3 Å². The third kappa shape index (κ3) is 4.01. The van der Waals surface area contributed by atoms with Crippen molar-refractivity contribution in [1.82, 2.24) is 4.98 Å². The zero-order valence-electron chi connectivity index (χ0n) is 12.9. The quantitative estimate of drug-likeness (QED) is 0.566. The van der Waals surface area contributed by atoms with Gasteiger partial charge in [-0.05, 0) is 42.0 Å². The molecule has 122 valence electrons. The van der Waals surface area contributed by atoms with E-state index in [-0.39, 0.29) is 6.61 Å². The Bertz CT molecular complexity index is 828. The van der Waals surface area contributed by atoms with Crippen LogP contribution in [0.5, 0.6) is 5.75 Å². The van der Waals surface area contributed by atoms with Gasteiger partial charge in [0, 0.05) is 15.4 Å². The Morgan fingerprint density at radius 1 is 1.12 bits per heavy atom. The molecule has 4 nitrogen and oxygen atoms in total. The van der Waals surface area contributed by atoms with Crippen molar-refractivity contribution in [2.45, 2.75) is 6.61 Å². The molecule has 3 rings (SSSR count). The van der Waals surface area contributed by atoms with Crippen LogP contribution in [0, 0.1) is 0 Å². The summed E-state index contributed by atoms with van der Waals surface area (Å²) >= 11 is 4.78. The van der Waals surface area contributed by atoms with Crippen molar-refractivity contribution in [3.63, 3.8) is 0 Å². The van der Waals surface area contributed by atoms with E-state index in [1.807, 2.05) is 48.5 Å². The minimum absolute atomic E-state index is 0.224. The van der Waals surface area contributed by atoms with Crippen molar-refractivity contribution in [2.75, 3.05) is 7.11 Å². The fraction of sp³-hybridized carbons (Fsp3) is 0.111. The molecule has 1 heterocycles. The maximum absolute atomic E-state index is 12.1. The van der Waals surface area contributed by atoms with E-state index in [0.29, 0.717) is 5.69 Å². The number of esters is 1. The van der Waals surface area contributed by atoms with Crippen molar-refractivity contribution >= 4 is 33.2 Å². The lowest BCUT2D eigenvalue weighted by atomic mass is 10.2. The lowest BCUT2D eigenvalue weighted by Gasteiger charge is -2.03. The molecule has 0 saturated heterocycles. The van der Waals surface area contributed by atoms with Gasteiger partial charge in [-0.2, -0.15) is 0 Å². The molecule has 0 spiro atoms. The van der Waals surface area contributed by atoms with E-state index in [0.717, 1.165) is 26.4 Å². The van der Waals surface area contributed by atoms with E-state index < -0.39 is 5.97 Å². The second kappa shape index (κ2) is 7.59. The second-order valence-electron chi connectivity index (χ2n) is 4.97. The van der Waals surface area contributed by atoms with Gasteiger partial charge < -0.3 is 9.47 Å². The number of rotatable bonds is 5. The predicted molar refractivity (Wildman–Crippen MR) is 97.4 cm³/mol. The number of carbonyl (C=O) groups is 1. The Hall–Kier alpha value is -2.18. The average Bonchev–Trinajstić information content (AvgIpc) is 3.11. The number of hydrogen-bond acceptors (Lipinski definition) is 5. The van der Waals surface area contributed by atoms with Crippen LogP contribution in [0.3, 0.4) is 0 Å². The van der Waals surface area contributed by atoms with Gasteiger partial charge in [0.1, 0.15) is 17.4 Å². The first kappa shape index (κ1) is 16.7. The van der Waals surface area contributed by atoms with Gasteiger partial charge in [0.2, 0.25) is 0 Å². The summed E-state index contributed by atoms with van der Waals surface area (Å²) in [6, 6.07) is 15.2. The molecule has 0 aliphatic carbocycles. The molecule has 0 aliphatic heterocycles. The van der Waals surface area contributed by atoms with Crippen LogP contribution in [0.15, 0.2) is 58.4 Å². The standard InChI is InChI=1S/C18H14BrNO3S/c1-22-15-8-4-13(5-9-15)17-20-16(11-24-17)18(21)23-10-12-2-6-14(19)7-3-12/h2-9,11H,10H2,1H3. The number of ether oxygens (including phenoxy) is 2. The van der Waals surface area contributed by atoms with Crippen LogP contribution in [0.25, 0.3) is 10.6 Å². The van der Waals surface area contributed by atoms with Crippen molar-refractivity contribution in [3.8, 4) is 16.3 Å². The molecule has 0 radical (unpaired) electrons. The number of benzene rings is 2. The van der Waals surface area contributed by atoms with Gasteiger partial charge in [0.15, 0.2) is 5.69 Å². The number of halogens is 1. The first-order valence-electron chi connectivity index (χ1n) is 7.17. The van der Waals surface area contributed by atoms with Gasteiger partial charge in [-0.1, -0.05) is 28.1 Å². The largest absolute Gasteiger partial charge is 0.497 e. The fourth-order valence-corrected chi connectivity index (χ4v) is 3.10. The molecule has 2 aromatic carbocycles. The highest BCUT2D eigenvalue weighted by molar-refractivity contribution is 9.10. The van der Waals surface area contributed by atoms with Crippen molar-refractivity contribution < 1.29 is 14.3 Å². The van der Waals surface area contributed by atoms with Crippen LogP contribution in [0.4, 0.5) is 0 Å². The number of aromatic nitrogens is 1. The molecule has 0 unspecified atom stereocenters. The van der Waals surface area contributed by atoms with Gasteiger partial charge >= 0.3 is 5.97 Å². The van der Waals surface area contributed by atoms with E-state index in [1.165, 1.54) is 11.3 Å². The topological polar surface area (TPSA) is 48.4 Å². The summed E-state index contributed by atoms with van der Waals surface area (Å²) < 4.78 is 11.4. The lowest BCUT2D eigenvalue weighted by Crippen LogP contribution is -2.05. The zero-order valence-corrected chi connectivity index (χ0v) is 15.3. The molecule has 0 saturated carbocycles. The number of thiazole rings is 1. The Kier molecular flexibility index (Phi) is 5.27. The number of hydrogen-bond donors (Lipinski definition) is 0. The molecule has 0 atom stereocenters. The lowest BCUT2D eigenvalue weighted by molar-refractivity contribution is 0.0467. The SMILES string of the molecule is COc1ccc(-c2nc(C(=O)OCc3ccc(Br)cc3)cs2)cc1. The van der Waals surface area contributed by atoms with Crippen LogP contribution < -0.4 is 4.74 Å². The molecular weight excluding hydrogens is 390 g/mol. The molecule has 0 N–H and O–H groups in total. The van der Waals surface area contributed by atoms with Crippen LogP contribution >= 0.6 is 27.3 Å². The molecule has 24 heavy (non-hydrogen) atoms. The van der Waals surface area contributed by atoms with E-state index in [1.54, 1.807) is 12.5 Å². The van der Waals surface area contributed by atoms with Crippen molar-refractivity contribution in [2.24, 2.45) is 0 Å². The van der Waals surface area contributed by atoms with Crippen LogP contribution in [0.2, 0.25) is 0 Å². The van der Waals surface area contributed by atoms with E-state index in [2.05, 4.69) is 20.9 Å². The number of carbonyl (C=O) groups excluding carboxylic acids is 1. The summed E-state index contributed by atoms with van der Waals surface area (Å²) in [4.78, 5) is 16.5. The summed E-state index contributed by atoms with van der Waals surface area (Å²) in [6.07, 6.45) is 0. The maximum Gasteiger partial charge on any atom is 0.358 e. The van der Waals surface area contributed by atoms with Gasteiger partial charge in [-0.25, -0.2) is 9.78 Å². The third-order valence-electron chi connectivity index (χ3n) is 3.33. The van der Waals surface area contributed by atoms with E-state index in [9.17, 15) is 4.79 Å². The number of methoxy groups -OCH3 is 1. The predicted octanol–water partition coefficient (Wildman–Crippen LogP) is 4.94. The highest BCUT2D eigenvalue weighted by atomic mass is 79.9. The molecule has 1 aromatic heterocycles. The highest BCUT2D eigenvalue weighted by Crippen LogP contribution is 2.26. The van der Waals surface area contributed by atoms with Crippen molar-refractivity contribution in [1.29, 1.82) is 0 Å². The van der Waals surface area contributed by atoms with Crippen LogP contribution in [0.1, 0.15) is 16.1 Å². The summed E-state index contributed by atoms with van der Waals surface area (Å²) in [5, 5.41) is 2.48. The summed E-state index contributed by atoms with van der Waals surface area (Å²) in [5.74, 6) is 0.360. The molecule has 0 aliphatic rings. The maximum atomic E-state index is 12.1. The Morgan fingerprint density at radius 2 is 1.83 bits per heavy atom. The summed E-state index contributed by atoms with van der Waals surface area (Å²) in [7, 11) is 1.62. The van der Waals surface area contributed by atoms with Gasteiger partial charge in [-0.15, -0.1) is 11.3 Å². The van der Waals surface area contributed by atoms with E-state index in [4.69, 9.17) is 9.47 Å². The molecule has 0 bridgehead atoms. The number of nitrogens with zero attached hydrogens (tertiary/aromatic N) is 1. The monoisotopic (exact) mass is 403 g/mol. The molecule has 0 amide bonds. The minimum Gasteiger partial charge on any atom is -0.497 e.